The summed E-state index contributed by atoms with van der Waals surface area (Å²) < 4.78 is 15.7. The Labute approximate surface area is 162 Å². The molecule has 0 aliphatic carbocycles. The average Bonchev–Trinajstić information content (AvgIpc) is 2.69. The summed E-state index contributed by atoms with van der Waals surface area (Å²) in [6.07, 6.45) is 2.88. The van der Waals surface area contributed by atoms with Crippen LogP contribution >= 0.6 is 0 Å². The minimum absolute atomic E-state index is 0.106. The Morgan fingerprint density at radius 3 is 2.81 bits per heavy atom. The van der Waals surface area contributed by atoms with Gasteiger partial charge in [0.15, 0.2) is 0 Å². The summed E-state index contributed by atoms with van der Waals surface area (Å²) >= 11 is 0. The fraction of sp³-hybridized carbons (Fsp3) is 0.611. The molecule has 1 aliphatic rings. The Kier molecular flexibility index (Phi) is 9.52. The number of nitrogens with zero attached hydrogens (tertiary/aromatic N) is 2. The standard InChI is InChI=1S/C18H29B2N3O4/c1-20(26)23-12-11-22(13-17(23)9-5-6-10-21-15-19-25)18(24)27-14-16-7-3-2-4-8-16/h2-4,7-8,17,21,26H,5-6,9-15H2,1H3/t17-/m0/s1. The number of hydrogen-bond donors (Lipinski definition) is 2. The van der Waals surface area contributed by atoms with Gasteiger partial charge in [0.1, 0.15) is 0 Å². The van der Waals surface area contributed by atoms with E-state index in [1.807, 2.05) is 35.1 Å². The summed E-state index contributed by atoms with van der Waals surface area (Å²) in [6.45, 7) is 4.57. The summed E-state index contributed by atoms with van der Waals surface area (Å²) in [6, 6.07) is 9.74. The van der Waals surface area contributed by atoms with Gasteiger partial charge in [-0.25, -0.2) is 0 Å². The molecule has 0 radical (unpaired) electrons. The van der Waals surface area contributed by atoms with Crippen molar-refractivity contribution in [1.29, 1.82) is 0 Å². The molecule has 1 aromatic carbocycles. The van der Waals surface area contributed by atoms with E-state index < -0.39 is 7.05 Å². The van der Waals surface area contributed by atoms with E-state index in [1.54, 1.807) is 11.7 Å². The van der Waals surface area contributed by atoms with Crippen molar-refractivity contribution in [3.8, 4) is 0 Å². The minimum atomic E-state index is -0.536. The number of hydrogen-bond acceptors (Lipinski definition) is 6. The van der Waals surface area contributed by atoms with Crippen LogP contribution in [0.4, 0.5) is 4.79 Å². The molecule has 0 aromatic heterocycles. The third kappa shape index (κ3) is 7.44. The summed E-state index contributed by atoms with van der Waals surface area (Å²) in [4.78, 5) is 16.2. The molecule has 1 heterocycles. The first-order chi connectivity index (χ1) is 13.1. The average molecular weight is 373 g/mol. The van der Waals surface area contributed by atoms with E-state index in [9.17, 15) is 14.5 Å². The molecule has 7 nitrogen and oxygen atoms in total. The number of rotatable bonds is 10. The Bertz CT molecular complexity index is 577. The molecule has 146 valence electrons. The molecule has 0 unspecified atom stereocenters. The van der Waals surface area contributed by atoms with Crippen LogP contribution in [0.5, 0.6) is 0 Å². The van der Waals surface area contributed by atoms with Gasteiger partial charge in [-0.3, -0.25) is 0 Å². The van der Waals surface area contributed by atoms with Crippen molar-refractivity contribution >= 4 is 20.3 Å². The van der Waals surface area contributed by atoms with Crippen LogP contribution in [-0.4, -0.2) is 73.7 Å². The van der Waals surface area contributed by atoms with Gasteiger partial charge in [-0.1, -0.05) is 30.3 Å². The number of carbonyl (C=O) groups excluding carboxylic acids is 1. The number of unbranched alkanes of at least 4 members (excludes halogenated alkanes) is 1. The molecule has 1 amide bonds. The first kappa shape index (κ1) is 21.6. The third-order valence-corrected chi connectivity index (χ3v) is 4.84. The second-order valence-electron chi connectivity index (χ2n) is 6.88. The van der Waals surface area contributed by atoms with Crippen molar-refractivity contribution in [2.75, 3.05) is 32.6 Å². The molecular weight excluding hydrogens is 344 g/mol. The van der Waals surface area contributed by atoms with E-state index in [0.29, 0.717) is 26.1 Å². The zero-order chi connectivity index (χ0) is 19.5. The van der Waals surface area contributed by atoms with Gasteiger partial charge in [0.25, 0.3) is 0 Å². The van der Waals surface area contributed by atoms with Gasteiger partial charge in [-0.05, 0) is 5.56 Å². The molecule has 1 fully saturated rings. The fourth-order valence-corrected chi connectivity index (χ4v) is 3.39. The van der Waals surface area contributed by atoms with Gasteiger partial charge in [0.2, 0.25) is 0 Å². The quantitative estimate of drug-likeness (QED) is 0.474. The molecule has 0 bridgehead atoms. The predicted molar refractivity (Wildman–Crippen MR) is 106 cm³/mol. The third-order valence-electron chi connectivity index (χ3n) is 4.84. The zero-order valence-electron chi connectivity index (χ0n) is 16.0. The predicted octanol–water partition coefficient (Wildman–Crippen LogP) is 1.19. The van der Waals surface area contributed by atoms with Gasteiger partial charge in [-0.15, -0.1) is 0 Å². The van der Waals surface area contributed by atoms with Crippen LogP contribution in [0.25, 0.3) is 0 Å². The van der Waals surface area contributed by atoms with Crippen LogP contribution < -0.4 is 5.32 Å². The van der Waals surface area contributed by atoms with Crippen LogP contribution in [0.2, 0.25) is 6.82 Å². The van der Waals surface area contributed by atoms with E-state index in [1.165, 1.54) is 0 Å². The van der Waals surface area contributed by atoms with Crippen molar-refractivity contribution in [3.63, 3.8) is 0 Å². The van der Waals surface area contributed by atoms with E-state index in [4.69, 9.17) is 4.74 Å². The molecular formula is C18H29B2N3O4. The van der Waals surface area contributed by atoms with E-state index in [-0.39, 0.29) is 18.7 Å². The van der Waals surface area contributed by atoms with Crippen LogP contribution in [0.15, 0.2) is 30.3 Å². The Morgan fingerprint density at radius 1 is 1.33 bits per heavy atom. The Hall–Kier alpha value is -1.70. The van der Waals surface area contributed by atoms with E-state index in [2.05, 4.69) is 5.32 Å². The van der Waals surface area contributed by atoms with Gasteiger partial charge in [-0.2, -0.15) is 0 Å². The molecule has 27 heavy (non-hydrogen) atoms. The van der Waals surface area contributed by atoms with Crippen LogP contribution in [0.3, 0.4) is 0 Å². The molecule has 2 N–H and O–H groups in total. The number of nitrogens with one attached hydrogen (secondary N) is 1. The van der Waals surface area contributed by atoms with Crippen LogP contribution in [0, 0.1) is 0 Å². The van der Waals surface area contributed by atoms with Gasteiger partial charge >= 0.3 is 126 Å². The topological polar surface area (TPSA) is 82.1 Å². The summed E-state index contributed by atoms with van der Waals surface area (Å²) in [7, 11) is 0.320. The second-order valence-corrected chi connectivity index (χ2v) is 6.88. The number of amides is 1. The fourth-order valence-electron chi connectivity index (χ4n) is 3.39. The number of benzene rings is 1. The monoisotopic (exact) mass is 373 g/mol. The van der Waals surface area contributed by atoms with Crippen molar-refractivity contribution in [2.45, 2.75) is 38.7 Å². The molecule has 0 spiro atoms. The molecule has 9 heteroatoms. The first-order valence-corrected chi connectivity index (χ1v) is 9.65. The molecule has 1 atom stereocenters. The Balaban J connectivity index is 1.80. The van der Waals surface area contributed by atoms with Crippen molar-refractivity contribution < 1.29 is 19.3 Å². The number of ether oxygens (including phenoxy) is 1. The van der Waals surface area contributed by atoms with Crippen LogP contribution in [-0.2, 0) is 16.0 Å². The van der Waals surface area contributed by atoms with E-state index in [0.717, 1.165) is 38.5 Å². The van der Waals surface area contributed by atoms with Crippen LogP contribution in [0.1, 0.15) is 24.8 Å². The van der Waals surface area contributed by atoms with E-state index >= 15 is 0 Å². The Morgan fingerprint density at radius 2 is 2.11 bits per heavy atom. The molecule has 2 rings (SSSR count). The number of piperazine rings is 1. The SMILES string of the molecule is CB(O)N1CCN(C(=O)OCc2ccccc2)C[C@@H]1CCCCNCB=O. The number of carbonyl (C=O) groups is 1. The summed E-state index contributed by atoms with van der Waals surface area (Å²) in [5.41, 5.74) is 0.966. The molecule has 1 aromatic rings. The van der Waals surface area contributed by atoms with Gasteiger partial charge in [0.05, 0.1) is 0 Å². The zero-order valence-corrected chi connectivity index (χ0v) is 16.0. The molecule has 0 saturated carbocycles. The van der Waals surface area contributed by atoms with Gasteiger partial charge < -0.3 is 0 Å². The molecule has 1 saturated heterocycles. The van der Waals surface area contributed by atoms with Gasteiger partial charge in [0, 0.05) is 0 Å². The maximum atomic E-state index is 12.4. The maximum absolute atomic E-state index is 12.4. The summed E-state index contributed by atoms with van der Waals surface area (Å²) in [5.74, 6) is 0. The van der Waals surface area contributed by atoms with Crippen molar-refractivity contribution in [1.82, 2.24) is 15.0 Å². The second kappa shape index (κ2) is 11.9. The normalized spacial score (nSPS) is 17.4. The summed E-state index contributed by atoms with van der Waals surface area (Å²) in [5, 5.41) is 13.1. The van der Waals surface area contributed by atoms with Crippen molar-refractivity contribution in [2.24, 2.45) is 0 Å². The molecule has 1 aliphatic heterocycles. The van der Waals surface area contributed by atoms with Crippen molar-refractivity contribution in [3.05, 3.63) is 35.9 Å². The first-order valence-electron chi connectivity index (χ1n) is 9.65.